The molecule has 2 rings (SSSR count). The lowest BCUT2D eigenvalue weighted by molar-refractivity contribution is -0.145. The highest BCUT2D eigenvalue weighted by Gasteiger charge is 2.16. The molecular formula is C24H29N3O7. The molecule has 0 fully saturated rings. The van der Waals surface area contributed by atoms with Crippen LogP contribution in [0.25, 0.3) is 0 Å². The fraction of sp³-hybridized carbons (Fsp3) is 0.333. The Balaban J connectivity index is 1.93. The number of ether oxygens (including phenoxy) is 4. The van der Waals surface area contributed by atoms with Gasteiger partial charge in [0.1, 0.15) is 11.8 Å². The highest BCUT2D eigenvalue weighted by molar-refractivity contribution is 5.97. The molecule has 34 heavy (non-hydrogen) atoms. The van der Waals surface area contributed by atoms with E-state index >= 15 is 0 Å². The predicted molar refractivity (Wildman–Crippen MR) is 125 cm³/mol. The summed E-state index contributed by atoms with van der Waals surface area (Å²) in [6.07, 6.45) is 1.42. The first-order valence-electron chi connectivity index (χ1n) is 10.7. The molecule has 0 saturated heterocycles. The van der Waals surface area contributed by atoms with Gasteiger partial charge in [0.05, 0.1) is 26.5 Å². The molecule has 0 aliphatic carbocycles. The zero-order chi connectivity index (χ0) is 24.9. The van der Waals surface area contributed by atoms with E-state index < -0.39 is 23.8 Å². The molecule has 0 bridgehead atoms. The smallest absolute Gasteiger partial charge is 0.344 e. The average Bonchev–Trinajstić information content (AvgIpc) is 2.83. The van der Waals surface area contributed by atoms with Gasteiger partial charge in [-0.15, -0.1) is 0 Å². The Kier molecular flexibility index (Phi) is 10.4. The minimum atomic E-state index is -0.815. The summed E-state index contributed by atoms with van der Waals surface area (Å²) in [4.78, 5) is 36.1. The van der Waals surface area contributed by atoms with E-state index in [-0.39, 0.29) is 13.2 Å². The zero-order valence-electron chi connectivity index (χ0n) is 19.6. The number of rotatable bonds is 12. The number of hydrogen-bond acceptors (Lipinski definition) is 8. The van der Waals surface area contributed by atoms with E-state index in [2.05, 4.69) is 15.8 Å². The Morgan fingerprint density at radius 3 is 2.38 bits per heavy atom. The first-order chi connectivity index (χ1) is 16.4. The Hall–Kier alpha value is -4.08. The van der Waals surface area contributed by atoms with Crippen molar-refractivity contribution in [1.82, 2.24) is 10.7 Å². The topological polar surface area (TPSA) is 125 Å². The molecular weight excluding hydrogens is 442 g/mol. The highest BCUT2D eigenvalue weighted by atomic mass is 16.6. The van der Waals surface area contributed by atoms with Gasteiger partial charge in [0.2, 0.25) is 0 Å². The van der Waals surface area contributed by atoms with Crippen LogP contribution in [-0.4, -0.2) is 57.0 Å². The Morgan fingerprint density at radius 2 is 1.74 bits per heavy atom. The van der Waals surface area contributed by atoms with Gasteiger partial charge in [0.15, 0.2) is 18.1 Å². The maximum Gasteiger partial charge on any atom is 0.344 e. The second-order valence-corrected chi connectivity index (χ2v) is 6.89. The van der Waals surface area contributed by atoms with Gasteiger partial charge in [-0.05, 0) is 68.8 Å². The molecule has 0 saturated carbocycles. The van der Waals surface area contributed by atoms with Gasteiger partial charge in [-0.3, -0.25) is 9.59 Å². The van der Waals surface area contributed by atoms with Crippen LogP contribution in [0, 0.1) is 0 Å². The second-order valence-electron chi connectivity index (χ2n) is 6.89. The van der Waals surface area contributed by atoms with Crippen LogP contribution < -0.4 is 25.0 Å². The number of benzene rings is 2. The number of nitrogens with zero attached hydrogens (tertiary/aromatic N) is 1. The van der Waals surface area contributed by atoms with Gasteiger partial charge in [0, 0.05) is 5.56 Å². The molecule has 10 heteroatoms. The summed E-state index contributed by atoms with van der Waals surface area (Å²) in [7, 11) is 1.54. The number of esters is 1. The zero-order valence-corrected chi connectivity index (χ0v) is 19.6. The van der Waals surface area contributed by atoms with Crippen LogP contribution in [0.3, 0.4) is 0 Å². The van der Waals surface area contributed by atoms with Crippen LogP contribution in [-0.2, 0) is 14.3 Å². The molecule has 0 aliphatic rings. The van der Waals surface area contributed by atoms with Gasteiger partial charge in [-0.2, -0.15) is 5.10 Å². The van der Waals surface area contributed by atoms with Crippen molar-refractivity contribution in [3.63, 3.8) is 0 Å². The lowest BCUT2D eigenvalue weighted by atomic mass is 10.2. The fourth-order valence-electron chi connectivity index (χ4n) is 2.69. The van der Waals surface area contributed by atoms with Crippen molar-refractivity contribution in [1.29, 1.82) is 0 Å². The number of hydrogen-bond donors (Lipinski definition) is 2. The summed E-state index contributed by atoms with van der Waals surface area (Å²) in [5.41, 5.74) is 3.42. The van der Waals surface area contributed by atoms with Crippen LogP contribution in [0.5, 0.6) is 17.2 Å². The normalized spacial score (nSPS) is 11.4. The van der Waals surface area contributed by atoms with E-state index in [1.54, 1.807) is 56.3 Å². The molecule has 2 amide bonds. The number of amides is 2. The molecule has 2 aromatic carbocycles. The summed E-state index contributed by atoms with van der Waals surface area (Å²) in [5.74, 6) is 0.0639. The third-order valence-electron chi connectivity index (χ3n) is 4.40. The van der Waals surface area contributed by atoms with Crippen molar-refractivity contribution in [3.8, 4) is 17.2 Å². The molecule has 2 aromatic rings. The maximum absolute atomic E-state index is 12.3. The van der Waals surface area contributed by atoms with Crippen LogP contribution >= 0.6 is 0 Å². The Labute approximate surface area is 198 Å². The molecule has 1 unspecified atom stereocenters. The summed E-state index contributed by atoms with van der Waals surface area (Å²) in [6, 6.07) is 10.7. The van der Waals surface area contributed by atoms with Crippen molar-refractivity contribution >= 4 is 24.0 Å². The van der Waals surface area contributed by atoms with Gasteiger partial charge in [-0.1, -0.05) is 0 Å². The van der Waals surface area contributed by atoms with E-state index in [0.717, 1.165) is 0 Å². The van der Waals surface area contributed by atoms with Crippen molar-refractivity contribution < 1.29 is 33.3 Å². The largest absolute Gasteiger partial charge is 0.497 e. The van der Waals surface area contributed by atoms with E-state index in [4.69, 9.17) is 18.9 Å². The van der Waals surface area contributed by atoms with Crippen LogP contribution in [0.1, 0.15) is 36.7 Å². The van der Waals surface area contributed by atoms with Crippen LogP contribution in [0.15, 0.2) is 47.6 Å². The summed E-state index contributed by atoms with van der Waals surface area (Å²) >= 11 is 0. The van der Waals surface area contributed by atoms with Gasteiger partial charge in [0.25, 0.3) is 11.8 Å². The van der Waals surface area contributed by atoms with Crippen molar-refractivity contribution in [2.75, 3.05) is 26.9 Å². The quantitative estimate of drug-likeness (QED) is 0.276. The highest BCUT2D eigenvalue weighted by Crippen LogP contribution is 2.28. The van der Waals surface area contributed by atoms with Crippen molar-refractivity contribution in [3.05, 3.63) is 53.6 Å². The number of carbonyl (C=O) groups is 3. The Bertz CT molecular complexity index is 1010. The summed E-state index contributed by atoms with van der Waals surface area (Å²) in [6.45, 7) is 5.50. The number of carbonyl (C=O) groups excluding carboxylic acids is 3. The van der Waals surface area contributed by atoms with E-state index in [0.29, 0.717) is 35.0 Å². The minimum Gasteiger partial charge on any atom is -0.497 e. The molecule has 2 N–H and O–H groups in total. The van der Waals surface area contributed by atoms with Crippen LogP contribution in [0.4, 0.5) is 0 Å². The monoisotopic (exact) mass is 471 g/mol. The van der Waals surface area contributed by atoms with Gasteiger partial charge in [-0.25, -0.2) is 10.2 Å². The Morgan fingerprint density at radius 1 is 1.00 bits per heavy atom. The SMILES string of the molecule is CCOC(=O)COc1ccc(C=NNC(=O)C(C)NC(=O)c2ccc(OC)cc2)cc1OCC. The molecule has 0 radical (unpaired) electrons. The van der Waals surface area contributed by atoms with Gasteiger partial charge >= 0.3 is 5.97 Å². The lowest BCUT2D eigenvalue weighted by Crippen LogP contribution is -2.43. The average molecular weight is 472 g/mol. The van der Waals surface area contributed by atoms with Crippen LogP contribution in [0.2, 0.25) is 0 Å². The van der Waals surface area contributed by atoms with Crippen molar-refractivity contribution in [2.24, 2.45) is 5.10 Å². The molecule has 0 aliphatic heterocycles. The lowest BCUT2D eigenvalue weighted by Gasteiger charge is -2.13. The summed E-state index contributed by atoms with van der Waals surface area (Å²) < 4.78 is 20.9. The molecule has 182 valence electrons. The summed E-state index contributed by atoms with van der Waals surface area (Å²) in [5, 5.41) is 6.54. The first kappa shape index (κ1) is 26.2. The predicted octanol–water partition coefficient (Wildman–Crippen LogP) is 2.30. The third-order valence-corrected chi connectivity index (χ3v) is 4.40. The fourth-order valence-corrected chi connectivity index (χ4v) is 2.69. The number of hydrazone groups is 1. The maximum atomic E-state index is 12.3. The standard InChI is InChI=1S/C24H29N3O7/c1-5-32-21-13-17(7-12-20(21)34-15-22(28)33-6-2)14-25-27-23(29)16(3)26-24(30)18-8-10-19(31-4)11-9-18/h7-14,16H,5-6,15H2,1-4H3,(H,26,30)(H,27,29). The molecule has 0 aromatic heterocycles. The molecule has 10 nitrogen and oxygen atoms in total. The van der Waals surface area contributed by atoms with E-state index in [1.165, 1.54) is 13.3 Å². The third kappa shape index (κ3) is 8.12. The first-order valence-corrected chi connectivity index (χ1v) is 10.7. The number of methoxy groups -OCH3 is 1. The van der Waals surface area contributed by atoms with E-state index in [1.807, 2.05) is 6.92 Å². The van der Waals surface area contributed by atoms with Gasteiger partial charge < -0.3 is 24.3 Å². The number of nitrogens with one attached hydrogen (secondary N) is 2. The second kappa shape index (κ2) is 13.5. The molecule has 1 atom stereocenters. The minimum absolute atomic E-state index is 0.239. The van der Waals surface area contributed by atoms with E-state index in [9.17, 15) is 14.4 Å². The molecule has 0 spiro atoms. The van der Waals surface area contributed by atoms with Crippen molar-refractivity contribution in [2.45, 2.75) is 26.8 Å². The molecule has 0 heterocycles.